The number of rotatable bonds is 5. The van der Waals surface area contributed by atoms with Crippen LogP contribution in [0.5, 0.6) is 0 Å². The lowest BCUT2D eigenvalue weighted by molar-refractivity contribution is 0.0783. The summed E-state index contributed by atoms with van der Waals surface area (Å²) in [6.07, 6.45) is 2.67. The molecule has 1 aliphatic heterocycles. The third-order valence-corrected chi connectivity index (χ3v) is 6.80. The van der Waals surface area contributed by atoms with Gasteiger partial charge in [0.05, 0.1) is 17.8 Å². The maximum atomic E-state index is 12.9. The maximum Gasteiger partial charge on any atom is 0.255 e. The molecule has 0 fully saturated rings. The van der Waals surface area contributed by atoms with E-state index in [1.54, 1.807) is 33.8 Å². The minimum Gasteiger partial charge on any atom is -0.361 e. The third-order valence-electron chi connectivity index (χ3n) is 5.02. The van der Waals surface area contributed by atoms with Crippen LogP contribution in [0.4, 0.5) is 0 Å². The largest absolute Gasteiger partial charge is 0.361 e. The van der Waals surface area contributed by atoms with Crippen molar-refractivity contribution < 1.29 is 9.32 Å². The Morgan fingerprint density at radius 2 is 2.22 bits per heavy atom. The Morgan fingerprint density at radius 3 is 2.93 bits per heavy atom. The Hall–Kier alpha value is -2.03. The van der Waals surface area contributed by atoms with Gasteiger partial charge in [0.1, 0.15) is 10.8 Å². The van der Waals surface area contributed by atoms with Gasteiger partial charge in [-0.1, -0.05) is 5.16 Å². The number of thiophene rings is 1. The van der Waals surface area contributed by atoms with E-state index >= 15 is 0 Å². The lowest BCUT2D eigenvalue weighted by Gasteiger charge is -2.27. The highest BCUT2D eigenvalue weighted by Gasteiger charge is 2.26. The molecule has 1 amide bonds. The topological polar surface area (TPSA) is 62.5 Å². The van der Waals surface area contributed by atoms with E-state index in [4.69, 9.17) is 4.52 Å². The minimum atomic E-state index is 0.0851. The van der Waals surface area contributed by atoms with Gasteiger partial charge in [-0.2, -0.15) is 0 Å². The van der Waals surface area contributed by atoms with Crippen LogP contribution >= 0.6 is 22.7 Å². The van der Waals surface area contributed by atoms with E-state index in [2.05, 4.69) is 15.0 Å². The Kier molecular flexibility index (Phi) is 5.12. The molecule has 142 valence electrons. The van der Waals surface area contributed by atoms with Gasteiger partial charge in [-0.15, -0.1) is 22.7 Å². The highest BCUT2D eigenvalue weighted by Crippen LogP contribution is 2.31. The Bertz CT molecular complexity index is 926. The van der Waals surface area contributed by atoms with Crippen LogP contribution in [0.2, 0.25) is 0 Å². The van der Waals surface area contributed by atoms with E-state index < -0.39 is 0 Å². The molecule has 0 atom stereocenters. The van der Waals surface area contributed by atoms with E-state index in [9.17, 15) is 4.79 Å². The summed E-state index contributed by atoms with van der Waals surface area (Å²) >= 11 is 3.27. The van der Waals surface area contributed by atoms with Crippen LogP contribution in [-0.4, -0.2) is 39.4 Å². The monoisotopic (exact) mass is 402 g/mol. The highest BCUT2D eigenvalue weighted by molar-refractivity contribution is 7.10. The average Bonchev–Trinajstić information content (AvgIpc) is 3.38. The molecular formula is C19H22N4O2S2. The van der Waals surface area contributed by atoms with Crippen LogP contribution < -0.4 is 0 Å². The first kappa shape index (κ1) is 18.3. The number of aromatic nitrogens is 2. The SMILES string of the molecule is Cc1noc(C)c1CN1CCc2c(C(=O)N(C)Cc3nccs3)csc2C1. The molecule has 1 aliphatic rings. The molecule has 0 aromatic carbocycles. The third kappa shape index (κ3) is 3.69. The standard InChI is InChI=1S/C19H22N4O2S2/c1-12-15(13(2)25-21-12)8-23-6-4-14-16(11-27-17(14)9-23)19(24)22(3)10-18-20-5-7-26-18/h5,7,11H,4,6,8-10H2,1-3H3. The molecule has 0 saturated heterocycles. The second-order valence-electron chi connectivity index (χ2n) is 6.90. The molecule has 0 unspecified atom stereocenters. The summed E-state index contributed by atoms with van der Waals surface area (Å²) in [6.45, 7) is 7.15. The van der Waals surface area contributed by atoms with Gasteiger partial charge in [0, 0.05) is 54.1 Å². The lowest BCUT2D eigenvalue weighted by Crippen LogP contribution is -2.31. The second-order valence-corrected chi connectivity index (χ2v) is 8.84. The maximum absolute atomic E-state index is 12.9. The smallest absolute Gasteiger partial charge is 0.255 e. The molecule has 3 aromatic rings. The van der Waals surface area contributed by atoms with E-state index in [1.807, 2.05) is 31.7 Å². The van der Waals surface area contributed by atoms with Crippen molar-refractivity contribution >= 4 is 28.6 Å². The molecule has 0 N–H and O–H groups in total. The Balaban J connectivity index is 1.46. The number of thiazole rings is 1. The molecule has 4 rings (SSSR count). The molecule has 27 heavy (non-hydrogen) atoms. The van der Waals surface area contributed by atoms with Crippen molar-refractivity contribution in [2.24, 2.45) is 0 Å². The molecule has 0 spiro atoms. The normalized spacial score (nSPS) is 14.3. The molecule has 6 nitrogen and oxygen atoms in total. The van der Waals surface area contributed by atoms with Gasteiger partial charge < -0.3 is 9.42 Å². The number of nitrogens with zero attached hydrogens (tertiary/aromatic N) is 4. The minimum absolute atomic E-state index is 0.0851. The molecule has 0 bridgehead atoms. The number of amides is 1. The van der Waals surface area contributed by atoms with Crippen molar-refractivity contribution in [3.05, 3.63) is 55.0 Å². The number of carbonyl (C=O) groups excluding carboxylic acids is 1. The van der Waals surface area contributed by atoms with Crippen LogP contribution in [0, 0.1) is 13.8 Å². The van der Waals surface area contributed by atoms with Crippen LogP contribution in [0.15, 0.2) is 21.5 Å². The van der Waals surface area contributed by atoms with Gasteiger partial charge in [0.15, 0.2) is 0 Å². The van der Waals surface area contributed by atoms with E-state index in [0.29, 0.717) is 6.54 Å². The molecular weight excluding hydrogens is 380 g/mol. The van der Waals surface area contributed by atoms with Crippen molar-refractivity contribution in [3.8, 4) is 0 Å². The molecule has 0 aliphatic carbocycles. The summed E-state index contributed by atoms with van der Waals surface area (Å²) in [5, 5.41) is 8.97. The molecule has 0 saturated carbocycles. The van der Waals surface area contributed by atoms with Crippen molar-refractivity contribution in [1.82, 2.24) is 19.9 Å². The zero-order valence-electron chi connectivity index (χ0n) is 15.7. The van der Waals surface area contributed by atoms with Crippen molar-refractivity contribution in [3.63, 3.8) is 0 Å². The fourth-order valence-electron chi connectivity index (χ4n) is 3.46. The van der Waals surface area contributed by atoms with E-state index in [0.717, 1.165) is 48.1 Å². The number of aryl methyl sites for hydroxylation is 2. The summed E-state index contributed by atoms with van der Waals surface area (Å²) in [4.78, 5) is 22.6. The fourth-order valence-corrected chi connectivity index (χ4v) is 5.24. The average molecular weight is 403 g/mol. The van der Waals surface area contributed by atoms with Gasteiger partial charge in [0.25, 0.3) is 5.91 Å². The molecule has 4 heterocycles. The summed E-state index contributed by atoms with van der Waals surface area (Å²) < 4.78 is 5.28. The van der Waals surface area contributed by atoms with Crippen molar-refractivity contribution in [2.75, 3.05) is 13.6 Å². The number of hydrogen-bond acceptors (Lipinski definition) is 7. The van der Waals surface area contributed by atoms with Gasteiger partial charge in [-0.25, -0.2) is 4.98 Å². The first-order chi connectivity index (χ1) is 13.0. The van der Waals surface area contributed by atoms with Gasteiger partial charge in [-0.3, -0.25) is 9.69 Å². The zero-order valence-corrected chi connectivity index (χ0v) is 17.3. The summed E-state index contributed by atoms with van der Waals surface area (Å²) in [7, 11) is 1.85. The van der Waals surface area contributed by atoms with Crippen molar-refractivity contribution in [2.45, 2.75) is 39.9 Å². The molecule has 3 aromatic heterocycles. The van der Waals surface area contributed by atoms with Crippen LogP contribution in [0.3, 0.4) is 0 Å². The van der Waals surface area contributed by atoms with Gasteiger partial charge in [-0.05, 0) is 25.8 Å². The predicted molar refractivity (Wildman–Crippen MR) is 106 cm³/mol. The van der Waals surface area contributed by atoms with Crippen LogP contribution in [0.25, 0.3) is 0 Å². The first-order valence-electron chi connectivity index (χ1n) is 8.90. The summed E-state index contributed by atoms with van der Waals surface area (Å²) in [6, 6.07) is 0. The Labute approximate surface area is 166 Å². The van der Waals surface area contributed by atoms with Gasteiger partial charge >= 0.3 is 0 Å². The Morgan fingerprint density at radius 1 is 1.37 bits per heavy atom. The lowest BCUT2D eigenvalue weighted by atomic mass is 10.0. The number of carbonyl (C=O) groups is 1. The number of hydrogen-bond donors (Lipinski definition) is 0. The highest BCUT2D eigenvalue weighted by atomic mass is 32.1. The zero-order chi connectivity index (χ0) is 19.0. The first-order valence-corrected chi connectivity index (χ1v) is 10.7. The van der Waals surface area contributed by atoms with Crippen LogP contribution in [0.1, 0.15) is 42.8 Å². The van der Waals surface area contributed by atoms with E-state index in [1.165, 1.54) is 16.0 Å². The fraction of sp³-hybridized carbons (Fsp3) is 0.421. The van der Waals surface area contributed by atoms with Gasteiger partial charge in [0.2, 0.25) is 0 Å². The summed E-state index contributed by atoms with van der Waals surface area (Å²) in [5.74, 6) is 0.978. The predicted octanol–water partition coefficient (Wildman–Crippen LogP) is 3.64. The molecule has 0 radical (unpaired) electrons. The van der Waals surface area contributed by atoms with E-state index in [-0.39, 0.29) is 5.91 Å². The quantitative estimate of drug-likeness (QED) is 0.652. The number of fused-ring (bicyclic) bond motifs is 1. The second kappa shape index (κ2) is 7.53. The van der Waals surface area contributed by atoms with Crippen LogP contribution in [-0.2, 0) is 26.1 Å². The molecule has 8 heteroatoms. The van der Waals surface area contributed by atoms with Crippen molar-refractivity contribution in [1.29, 1.82) is 0 Å². The summed E-state index contributed by atoms with van der Waals surface area (Å²) in [5.41, 5.74) is 4.20.